The minimum Gasteiger partial charge on any atom is -0.280 e. The largest absolute Gasteiger partial charge is 0.280 e. The maximum Gasteiger partial charge on any atom is 0.269 e. The Morgan fingerprint density at radius 1 is 1.00 bits per heavy atom. The first-order valence-corrected chi connectivity index (χ1v) is 7.75. The molecule has 0 spiro atoms. The van der Waals surface area contributed by atoms with Gasteiger partial charge in [0.05, 0.1) is 15.5 Å². The Morgan fingerprint density at radius 3 is 2.00 bits per heavy atom. The van der Waals surface area contributed by atoms with Crippen LogP contribution in [0, 0.1) is 10.1 Å². The number of hydrogen-bond donors (Lipinski definition) is 1. The Hall–Kier alpha value is -1.83. The number of nitrogens with one attached hydrogen (secondary N) is 1. The van der Waals surface area contributed by atoms with E-state index in [9.17, 15) is 18.5 Å². The highest BCUT2D eigenvalue weighted by molar-refractivity contribution is 7.92. The van der Waals surface area contributed by atoms with Gasteiger partial charge >= 0.3 is 0 Å². The molecule has 6 nitrogen and oxygen atoms in total. The highest BCUT2D eigenvalue weighted by atomic mass is 35.5. The zero-order valence-electron chi connectivity index (χ0n) is 10.3. The van der Waals surface area contributed by atoms with Crippen LogP contribution >= 0.6 is 23.2 Å². The predicted octanol–water partition coefficient (Wildman–Crippen LogP) is 3.70. The first-order valence-electron chi connectivity index (χ1n) is 5.51. The summed E-state index contributed by atoms with van der Waals surface area (Å²) in [6, 6.07) is 8.78. The number of nitro benzene ring substituents is 1. The maximum absolute atomic E-state index is 12.1. The molecule has 2 aromatic carbocycles. The lowest BCUT2D eigenvalue weighted by molar-refractivity contribution is -0.384. The second-order valence-corrected chi connectivity index (χ2v) is 6.57. The van der Waals surface area contributed by atoms with Gasteiger partial charge in [-0.2, -0.15) is 0 Å². The Labute approximate surface area is 130 Å². The van der Waals surface area contributed by atoms with Crippen molar-refractivity contribution in [3.8, 4) is 0 Å². The summed E-state index contributed by atoms with van der Waals surface area (Å²) in [5, 5.41) is 11.1. The van der Waals surface area contributed by atoms with Crippen LogP contribution in [0.3, 0.4) is 0 Å². The fourth-order valence-electron chi connectivity index (χ4n) is 1.57. The highest BCUT2D eigenvalue weighted by Crippen LogP contribution is 2.25. The fourth-order valence-corrected chi connectivity index (χ4v) is 3.14. The van der Waals surface area contributed by atoms with E-state index >= 15 is 0 Å². The van der Waals surface area contributed by atoms with E-state index in [1.807, 2.05) is 0 Å². The van der Waals surface area contributed by atoms with Crippen LogP contribution in [0.2, 0.25) is 10.0 Å². The third kappa shape index (κ3) is 3.84. The molecule has 0 unspecified atom stereocenters. The summed E-state index contributed by atoms with van der Waals surface area (Å²) in [7, 11) is -3.88. The van der Waals surface area contributed by atoms with Crippen molar-refractivity contribution in [1.29, 1.82) is 0 Å². The number of nitrogens with zero attached hydrogens (tertiary/aromatic N) is 1. The zero-order valence-corrected chi connectivity index (χ0v) is 12.6. The van der Waals surface area contributed by atoms with Gasteiger partial charge in [-0.3, -0.25) is 14.8 Å². The van der Waals surface area contributed by atoms with Crippen molar-refractivity contribution < 1.29 is 13.3 Å². The van der Waals surface area contributed by atoms with Crippen molar-refractivity contribution >= 4 is 44.6 Å². The SMILES string of the molecule is O=[N+]([O-])c1ccc(S(=O)(=O)Nc2cc(Cl)cc(Cl)c2)cc1. The molecule has 0 fully saturated rings. The molecule has 0 saturated carbocycles. The van der Waals surface area contributed by atoms with Crippen LogP contribution in [0.5, 0.6) is 0 Å². The minimum absolute atomic E-state index is 0.107. The summed E-state index contributed by atoms with van der Waals surface area (Å²) < 4.78 is 26.6. The van der Waals surface area contributed by atoms with Crippen molar-refractivity contribution in [2.75, 3.05) is 4.72 Å². The monoisotopic (exact) mass is 346 g/mol. The van der Waals surface area contributed by atoms with Gasteiger partial charge in [-0.05, 0) is 30.3 Å². The second kappa shape index (κ2) is 5.88. The first kappa shape index (κ1) is 15.6. The van der Waals surface area contributed by atoms with Crippen LogP contribution in [0.25, 0.3) is 0 Å². The van der Waals surface area contributed by atoms with E-state index in [4.69, 9.17) is 23.2 Å². The molecule has 0 radical (unpaired) electrons. The van der Waals surface area contributed by atoms with Crippen LogP contribution < -0.4 is 4.72 Å². The molecule has 9 heteroatoms. The average Bonchev–Trinajstić information content (AvgIpc) is 2.37. The van der Waals surface area contributed by atoms with Gasteiger partial charge in [0.15, 0.2) is 0 Å². The quantitative estimate of drug-likeness (QED) is 0.674. The fraction of sp³-hybridized carbons (Fsp3) is 0. The van der Waals surface area contributed by atoms with Crippen LogP contribution in [-0.2, 0) is 10.0 Å². The molecule has 2 aromatic rings. The first-order chi connectivity index (χ1) is 9.78. The van der Waals surface area contributed by atoms with Gasteiger partial charge in [-0.25, -0.2) is 8.42 Å². The molecule has 0 saturated heterocycles. The normalized spacial score (nSPS) is 11.1. The minimum atomic E-state index is -3.88. The number of sulfonamides is 1. The molecule has 0 atom stereocenters. The van der Waals surface area contributed by atoms with Crippen molar-refractivity contribution in [2.24, 2.45) is 0 Å². The van der Waals surface area contributed by atoms with Gasteiger partial charge in [0.25, 0.3) is 15.7 Å². The smallest absolute Gasteiger partial charge is 0.269 e. The van der Waals surface area contributed by atoms with Crippen molar-refractivity contribution in [3.63, 3.8) is 0 Å². The molecular formula is C12H8Cl2N2O4S. The number of anilines is 1. The molecule has 0 aromatic heterocycles. The molecule has 1 N–H and O–H groups in total. The number of rotatable bonds is 4. The molecule has 0 bridgehead atoms. The van der Waals surface area contributed by atoms with Crippen molar-refractivity contribution in [2.45, 2.75) is 4.90 Å². The van der Waals surface area contributed by atoms with Crippen LogP contribution in [0.1, 0.15) is 0 Å². The van der Waals surface area contributed by atoms with Gasteiger partial charge in [0.2, 0.25) is 0 Å². The van der Waals surface area contributed by atoms with Gasteiger partial charge in [0, 0.05) is 22.2 Å². The topological polar surface area (TPSA) is 89.3 Å². The van der Waals surface area contributed by atoms with Gasteiger partial charge < -0.3 is 0 Å². The third-order valence-corrected chi connectivity index (χ3v) is 4.31. The number of non-ortho nitro benzene ring substituents is 1. The number of hydrogen-bond acceptors (Lipinski definition) is 4. The van der Waals surface area contributed by atoms with E-state index in [-0.39, 0.29) is 26.3 Å². The Bertz CT molecular complexity index is 771. The summed E-state index contributed by atoms with van der Waals surface area (Å²) in [6.07, 6.45) is 0. The van der Waals surface area contributed by atoms with Crippen molar-refractivity contribution in [1.82, 2.24) is 0 Å². The lowest BCUT2D eigenvalue weighted by Gasteiger charge is -2.08. The lowest BCUT2D eigenvalue weighted by atomic mass is 10.3. The van der Waals surface area contributed by atoms with Gasteiger partial charge in [-0.15, -0.1) is 0 Å². The summed E-state index contributed by atoms with van der Waals surface area (Å²) in [6.45, 7) is 0. The van der Waals surface area contributed by atoms with E-state index in [1.54, 1.807) is 0 Å². The third-order valence-electron chi connectivity index (χ3n) is 2.47. The number of benzene rings is 2. The summed E-state index contributed by atoms with van der Waals surface area (Å²) >= 11 is 11.6. The second-order valence-electron chi connectivity index (χ2n) is 4.01. The zero-order chi connectivity index (χ0) is 15.6. The molecule has 0 heterocycles. The van der Waals surface area contributed by atoms with E-state index < -0.39 is 14.9 Å². The molecule has 2 rings (SSSR count). The Kier molecular flexibility index (Phi) is 4.36. The van der Waals surface area contributed by atoms with Gasteiger partial charge in [0.1, 0.15) is 0 Å². The van der Waals surface area contributed by atoms with E-state index in [0.717, 1.165) is 24.3 Å². The van der Waals surface area contributed by atoms with E-state index in [1.165, 1.54) is 18.2 Å². The maximum atomic E-state index is 12.1. The van der Waals surface area contributed by atoms with Crippen LogP contribution in [0.4, 0.5) is 11.4 Å². The Balaban J connectivity index is 2.31. The Morgan fingerprint density at radius 2 is 1.52 bits per heavy atom. The van der Waals surface area contributed by atoms with Crippen LogP contribution in [-0.4, -0.2) is 13.3 Å². The van der Waals surface area contributed by atoms with E-state index in [2.05, 4.69) is 4.72 Å². The van der Waals surface area contributed by atoms with Crippen molar-refractivity contribution in [3.05, 3.63) is 62.6 Å². The molecule has 110 valence electrons. The number of nitro groups is 1. The molecule has 0 aliphatic heterocycles. The molecule has 0 amide bonds. The van der Waals surface area contributed by atoms with E-state index in [0.29, 0.717) is 0 Å². The molecule has 21 heavy (non-hydrogen) atoms. The standard InChI is InChI=1S/C12H8Cl2N2O4S/c13-8-5-9(14)7-10(6-8)15-21(19,20)12-3-1-11(2-4-12)16(17)18/h1-7,15H. The summed E-state index contributed by atoms with van der Waals surface area (Å²) in [5.41, 5.74) is 0.00519. The van der Waals surface area contributed by atoms with Gasteiger partial charge in [-0.1, -0.05) is 23.2 Å². The number of halogens is 2. The predicted molar refractivity (Wildman–Crippen MR) is 80.4 cm³/mol. The summed E-state index contributed by atoms with van der Waals surface area (Å²) in [4.78, 5) is 9.82. The summed E-state index contributed by atoms with van der Waals surface area (Å²) in [5.74, 6) is 0. The average molecular weight is 347 g/mol. The molecule has 0 aliphatic carbocycles. The highest BCUT2D eigenvalue weighted by Gasteiger charge is 2.16. The molecular weight excluding hydrogens is 339 g/mol. The van der Waals surface area contributed by atoms with Crippen LogP contribution in [0.15, 0.2) is 47.4 Å². The lowest BCUT2D eigenvalue weighted by Crippen LogP contribution is -2.12. The molecule has 0 aliphatic rings.